The summed E-state index contributed by atoms with van der Waals surface area (Å²) in [5, 5.41) is 5.02. The van der Waals surface area contributed by atoms with Crippen LogP contribution in [-0.4, -0.2) is 22.0 Å². The van der Waals surface area contributed by atoms with Crippen molar-refractivity contribution in [3.8, 4) is 11.1 Å². The molecule has 0 saturated carbocycles. The number of amides is 1. The first-order valence-electron chi connectivity index (χ1n) is 7.59. The van der Waals surface area contributed by atoms with E-state index in [1.54, 1.807) is 12.1 Å². The molecular weight excluding hydrogens is 329 g/mol. The molecule has 5 nitrogen and oxygen atoms in total. The van der Waals surface area contributed by atoms with Crippen LogP contribution in [0.3, 0.4) is 0 Å². The number of hydrogen-bond acceptors (Lipinski definition) is 4. The average Bonchev–Trinajstić information content (AvgIpc) is 3.01. The zero-order valence-electron chi connectivity index (χ0n) is 13.1. The molecule has 0 aliphatic heterocycles. The number of thiophene rings is 1. The number of hydrogen-bond donors (Lipinski definition) is 1. The molecule has 2 heterocycles. The fourth-order valence-electron chi connectivity index (χ4n) is 2.40. The summed E-state index contributed by atoms with van der Waals surface area (Å²) >= 11 is 1.35. The fraction of sp³-hybridized carbons (Fsp3) is 0.235. The first kappa shape index (κ1) is 16.3. The number of carbonyl (C=O) groups excluding carboxylic acids is 1. The number of halogens is 1. The first-order chi connectivity index (χ1) is 11.6. The van der Waals surface area contributed by atoms with Gasteiger partial charge >= 0.3 is 0 Å². The number of rotatable bonds is 5. The molecule has 124 valence electrons. The summed E-state index contributed by atoms with van der Waals surface area (Å²) in [7, 11) is 0. The van der Waals surface area contributed by atoms with Crippen molar-refractivity contribution in [3.05, 3.63) is 52.1 Å². The summed E-state index contributed by atoms with van der Waals surface area (Å²) in [4.78, 5) is 29.5. The lowest BCUT2D eigenvalue weighted by Crippen LogP contribution is -2.32. The predicted molar refractivity (Wildman–Crippen MR) is 92.6 cm³/mol. The molecule has 0 radical (unpaired) electrons. The van der Waals surface area contributed by atoms with Gasteiger partial charge in [0, 0.05) is 17.5 Å². The third-order valence-electron chi connectivity index (χ3n) is 3.60. The maximum atomic E-state index is 13.1. The van der Waals surface area contributed by atoms with Gasteiger partial charge in [-0.2, -0.15) is 0 Å². The van der Waals surface area contributed by atoms with Crippen LogP contribution in [0.1, 0.15) is 13.3 Å². The third kappa shape index (κ3) is 3.21. The minimum Gasteiger partial charge on any atom is -0.355 e. The van der Waals surface area contributed by atoms with Crippen LogP contribution in [0, 0.1) is 5.82 Å². The Morgan fingerprint density at radius 3 is 2.79 bits per heavy atom. The molecule has 7 heteroatoms. The molecule has 3 aromatic rings. The number of fused-ring (bicyclic) bond motifs is 1. The molecule has 0 atom stereocenters. The molecule has 0 bridgehead atoms. The largest absolute Gasteiger partial charge is 0.355 e. The molecule has 24 heavy (non-hydrogen) atoms. The van der Waals surface area contributed by atoms with Gasteiger partial charge in [0.1, 0.15) is 17.2 Å². The highest BCUT2D eigenvalue weighted by Crippen LogP contribution is 2.30. The van der Waals surface area contributed by atoms with Crippen LogP contribution in [0.5, 0.6) is 0 Å². The van der Waals surface area contributed by atoms with Crippen molar-refractivity contribution in [2.75, 3.05) is 6.54 Å². The Morgan fingerprint density at radius 1 is 1.33 bits per heavy atom. The molecular formula is C17H16FN3O2S. The van der Waals surface area contributed by atoms with Crippen LogP contribution in [0.25, 0.3) is 21.3 Å². The van der Waals surface area contributed by atoms with E-state index in [1.165, 1.54) is 34.4 Å². The molecule has 1 N–H and O–H groups in total. The van der Waals surface area contributed by atoms with Gasteiger partial charge in [0.05, 0.1) is 11.7 Å². The zero-order valence-corrected chi connectivity index (χ0v) is 13.9. The molecule has 0 aliphatic carbocycles. The second-order valence-corrected chi connectivity index (χ2v) is 6.22. The van der Waals surface area contributed by atoms with Crippen LogP contribution < -0.4 is 10.9 Å². The number of nitrogens with zero attached hydrogens (tertiary/aromatic N) is 2. The topological polar surface area (TPSA) is 64.0 Å². The van der Waals surface area contributed by atoms with E-state index in [-0.39, 0.29) is 23.8 Å². The third-order valence-corrected chi connectivity index (χ3v) is 4.49. The number of nitrogens with one attached hydrogen (secondary N) is 1. The van der Waals surface area contributed by atoms with Crippen molar-refractivity contribution in [2.24, 2.45) is 0 Å². The lowest BCUT2D eigenvalue weighted by Gasteiger charge is -2.07. The van der Waals surface area contributed by atoms with Crippen molar-refractivity contribution in [1.29, 1.82) is 0 Å². The van der Waals surface area contributed by atoms with E-state index in [4.69, 9.17) is 0 Å². The van der Waals surface area contributed by atoms with Gasteiger partial charge in [-0.15, -0.1) is 11.3 Å². The van der Waals surface area contributed by atoms with E-state index in [1.807, 2.05) is 12.3 Å². The van der Waals surface area contributed by atoms with Gasteiger partial charge in [-0.05, 0) is 24.1 Å². The molecule has 1 amide bonds. The molecule has 3 rings (SSSR count). The summed E-state index contributed by atoms with van der Waals surface area (Å²) in [6.45, 7) is 2.46. The Balaban J connectivity index is 2.01. The summed E-state index contributed by atoms with van der Waals surface area (Å²) < 4.78 is 14.4. The van der Waals surface area contributed by atoms with E-state index in [0.717, 1.165) is 12.0 Å². The molecule has 1 aromatic carbocycles. The standard InChI is InChI=1S/C17H16FN3O2S/c1-2-7-19-14(22)8-21-10-20-16-15(17(21)23)13(9-24-16)11-3-5-12(18)6-4-11/h3-6,9-10H,2,7-8H2,1H3,(H,19,22). The van der Waals surface area contributed by atoms with Gasteiger partial charge in [0.25, 0.3) is 5.56 Å². The Bertz CT molecular complexity index is 931. The van der Waals surface area contributed by atoms with Crippen molar-refractivity contribution >= 4 is 27.5 Å². The van der Waals surface area contributed by atoms with E-state index in [9.17, 15) is 14.0 Å². The maximum absolute atomic E-state index is 13.1. The van der Waals surface area contributed by atoms with E-state index < -0.39 is 0 Å². The zero-order chi connectivity index (χ0) is 17.1. The van der Waals surface area contributed by atoms with Gasteiger partial charge in [-0.3, -0.25) is 14.2 Å². The Morgan fingerprint density at radius 2 is 2.08 bits per heavy atom. The summed E-state index contributed by atoms with van der Waals surface area (Å²) in [6, 6.07) is 5.96. The van der Waals surface area contributed by atoms with Gasteiger partial charge in [-0.1, -0.05) is 19.1 Å². The first-order valence-corrected chi connectivity index (χ1v) is 8.47. The minimum absolute atomic E-state index is 0.0690. The van der Waals surface area contributed by atoms with Crippen molar-refractivity contribution in [3.63, 3.8) is 0 Å². The van der Waals surface area contributed by atoms with Crippen LogP contribution in [0.15, 0.2) is 40.8 Å². The summed E-state index contributed by atoms with van der Waals surface area (Å²) in [5.41, 5.74) is 1.18. The van der Waals surface area contributed by atoms with Crippen LogP contribution in [0.4, 0.5) is 4.39 Å². The highest BCUT2D eigenvalue weighted by Gasteiger charge is 2.14. The molecule has 0 fully saturated rings. The SMILES string of the molecule is CCCNC(=O)Cn1cnc2scc(-c3ccc(F)cc3)c2c1=O. The quantitative estimate of drug-likeness (QED) is 0.773. The number of benzene rings is 1. The number of aromatic nitrogens is 2. The monoisotopic (exact) mass is 345 g/mol. The second-order valence-electron chi connectivity index (χ2n) is 5.36. The van der Waals surface area contributed by atoms with Crippen LogP contribution in [0.2, 0.25) is 0 Å². The molecule has 0 aliphatic rings. The van der Waals surface area contributed by atoms with E-state index in [0.29, 0.717) is 22.3 Å². The van der Waals surface area contributed by atoms with Gasteiger partial charge in [0.2, 0.25) is 5.91 Å². The highest BCUT2D eigenvalue weighted by atomic mass is 32.1. The molecule has 2 aromatic heterocycles. The Labute approximate surface area is 141 Å². The lowest BCUT2D eigenvalue weighted by molar-refractivity contribution is -0.121. The Kier molecular flexibility index (Phi) is 4.71. The van der Waals surface area contributed by atoms with Crippen molar-refractivity contribution in [1.82, 2.24) is 14.9 Å². The van der Waals surface area contributed by atoms with E-state index in [2.05, 4.69) is 10.3 Å². The van der Waals surface area contributed by atoms with E-state index >= 15 is 0 Å². The highest BCUT2D eigenvalue weighted by molar-refractivity contribution is 7.17. The lowest BCUT2D eigenvalue weighted by atomic mass is 10.1. The van der Waals surface area contributed by atoms with Gasteiger partial charge in [0.15, 0.2) is 0 Å². The molecule has 0 spiro atoms. The smallest absolute Gasteiger partial charge is 0.263 e. The number of carbonyl (C=O) groups is 1. The summed E-state index contributed by atoms with van der Waals surface area (Å²) in [6.07, 6.45) is 2.22. The Hall–Kier alpha value is -2.54. The van der Waals surface area contributed by atoms with Crippen molar-refractivity contribution < 1.29 is 9.18 Å². The molecule has 0 unspecified atom stereocenters. The fourth-order valence-corrected chi connectivity index (χ4v) is 3.30. The van der Waals surface area contributed by atoms with Crippen LogP contribution >= 0.6 is 11.3 Å². The predicted octanol–water partition coefficient (Wildman–Crippen LogP) is 2.79. The van der Waals surface area contributed by atoms with Gasteiger partial charge < -0.3 is 5.32 Å². The average molecular weight is 345 g/mol. The van der Waals surface area contributed by atoms with Crippen molar-refractivity contribution in [2.45, 2.75) is 19.9 Å². The maximum Gasteiger partial charge on any atom is 0.263 e. The molecule has 0 saturated heterocycles. The van der Waals surface area contributed by atoms with Crippen LogP contribution in [-0.2, 0) is 11.3 Å². The second kappa shape index (κ2) is 6.92. The summed E-state index contributed by atoms with van der Waals surface area (Å²) in [5.74, 6) is -0.555. The normalized spacial score (nSPS) is 10.9. The van der Waals surface area contributed by atoms with Gasteiger partial charge in [-0.25, -0.2) is 9.37 Å². The minimum atomic E-state index is -0.332.